The van der Waals surface area contributed by atoms with Crippen LogP contribution in [0.2, 0.25) is 0 Å². The minimum Gasteiger partial charge on any atom is -0.300 e. The summed E-state index contributed by atoms with van der Waals surface area (Å²) in [5, 5.41) is 12.6. The largest absolute Gasteiger partial charge is 0.300 e. The van der Waals surface area contributed by atoms with Crippen LogP contribution >= 0.6 is 22.7 Å². The summed E-state index contributed by atoms with van der Waals surface area (Å²) in [6, 6.07) is 3.44. The first-order valence-corrected chi connectivity index (χ1v) is 12.6. The Morgan fingerprint density at radius 1 is 1.29 bits per heavy atom. The summed E-state index contributed by atoms with van der Waals surface area (Å²) in [7, 11) is -3.55. The molecule has 28 heavy (non-hydrogen) atoms. The summed E-state index contributed by atoms with van der Waals surface area (Å²) in [6.45, 7) is 6.75. The smallest absolute Gasteiger partial charge is 0.252 e. The molecule has 3 heterocycles. The Kier molecular flexibility index (Phi) is 6.85. The third-order valence-electron chi connectivity index (χ3n) is 5.07. The standard InChI is InChI=1S/C18H26N4O3S3/c1-4-13(5-2)17-20-21-18(27-17)19-16(23)14-7-6-10-22(11-14)28(24,25)15-9-8-12(3)26-15/h8-9,13-14H,4-7,10-11H2,1-3H3,(H,19,21,23)/t14-/m1/s1. The molecule has 0 radical (unpaired) electrons. The Balaban J connectivity index is 1.66. The first-order valence-electron chi connectivity index (χ1n) is 9.56. The number of piperidine rings is 1. The average Bonchev–Trinajstić information content (AvgIpc) is 3.32. The van der Waals surface area contributed by atoms with Crippen LogP contribution in [-0.2, 0) is 14.8 Å². The zero-order valence-electron chi connectivity index (χ0n) is 16.3. The Hall–Kier alpha value is -1.36. The first kappa shape index (κ1) is 21.4. The SMILES string of the molecule is CCC(CC)c1nnc(NC(=O)[C@@H]2CCCN(S(=O)(=O)c3ccc(C)s3)C2)s1. The van der Waals surface area contributed by atoms with Crippen LogP contribution in [0.1, 0.15) is 55.3 Å². The lowest BCUT2D eigenvalue weighted by atomic mass is 9.99. The number of hydrogen-bond donors (Lipinski definition) is 1. The lowest BCUT2D eigenvalue weighted by Crippen LogP contribution is -2.43. The number of anilines is 1. The molecule has 1 saturated heterocycles. The molecule has 3 rings (SSSR count). The minimum atomic E-state index is -3.55. The Bertz CT molecular complexity index is 918. The van der Waals surface area contributed by atoms with Crippen molar-refractivity contribution >= 4 is 43.7 Å². The van der Waals surface area contributed by atoms with Gasteiger partial charge in [0.15, 0.2) is 0 Å². The number of hydrogen-bond acceptors (Lipinski definition) is 7. The van der Waals surface area contributed by atoms with Crippen LogP contribution in [-0.4, -0.2) is 41.9 Å². The highest BCUT2D eigenvalue weighted by Crippen LogP contribution is 2.30. The molecule has 2 aromatic rings. The number of thiophene rings is 1. The van der Waals surface area contributed by atoms with E-state index in [1.807, 2.05) is 6.92 Å². The molecule has 154 valence electrons. The van der Waals surface area contributed by atoms with Crippen LogP contribution in [0, 0.1) is 12.8 Å². The van der Waals surface area contributed by atoms with Gasteiger partial charge in [-0.05, 0) is 44.7 Å². The summed E-state index contributed by atoms with van der Waals surface area (Å²) < 4.78 is 27.5. The number of aromatic nitrogens is 2. The Labute approximate surface area is 174 Å². The Morgan fingerprint density at radius 3 is 2.68 bits per heavy atom. The third-order valence-corrected chi connectivity index (χ3v) is 9.40. The van der Waals surface area contributed by atoms with Gasteiger partial charge in [-0.2, -0.15) is 4.31 Å². The molecular weight excluding hydrogens is 416 g/mol. The van der Waals surface area contributed by atoms with Crippen molar-refractivity contribution in [1.29, 1.82) is 0 Å². The van der Waals surface area contributed by atoms with Crippen LogP contribution in [0.25, 0.3) is 0 Å². The zero-order valence-corrected chi connectivity index (χ0v) is 18.8. The van der Waals surface area contributed by atoms with Gasteiger partial charge in [0, 0.05) is 23.9 Å². The van der Waals surface area contributed by atoms with Gasteiger partial charge in [0.2, 0.25) is 11.0 Å². The van der Waals surface area contributed by atoms with Gasteiger partial charge in [-0.25, -0.2) is 8.42 Å². The van der Waals surface area contributed by atoms with Crippen molar-refractivity contribution in [2.24, 2.45) is 5.92 Å². The average molecular weight is 443 g/mol. The van der Waals surface area contributed by atoms with E-state index < -0.39 is 10.0 Å². The van der Waals surface area contributed by atoms with Crippen molar-refractivity contribution in [2.75, 3.05) is 18.4 Å². The van der Waals surface area contributed by atoms with Gasteiger partial charge in [-0.1, -0.05) is 25.2 Å². The second-order valence-corrected chi connectivity index (χ2v) is 11.5. The molecule has 0 saturated carbocycles. The molecule has 1 aliphatic heterocycles. The molecule has 0 spiro atoms. The highest BCUT2D eigenvalue weighted by Gasteiger charge is 2.34. The van der Waals surface area contributed by atoms with E-state index in [2.05, 4.69) is 29.4 Å². The van der Waals surface area contributed by atoms with Gasteiger partial charge < -0.3 is 5.32 Å². The molecule has 0 bridgehead atoms. The molecule has 0 aliphatic carbocycles. The number of nitrogens with zero attached hydrogens (tertiary/aromatic N) is 3. The molecule has 2 aromatic heterocycles. The normalized spacial score (nSPS) is 18.5. The maximum Gasteiger partial charge on any atom is 0.252 e. The molecule has 0 unspecified atom stereocenters. The van der Waals surface area contributed by atoms with E-state index in [-0.39, 0.29) is 18.4 Å². The molecule has 1 atom stereocenters. The molecule has 1 amide bonds. The van der Waals surface area contributed by atoms with Crippen molar-refractivity contribution in [3.05, 3.63) is 22.0 Å². The topological polar surface area (TPSA) is 92.3 Å². The summed E-state index contributed by atoms with van der Waals surface area (Å²) in [4.78, 5) is 13.7. The van der Waals surface area contributed by atoms with Crippen molar-refractivity contribution in [3.8, 4) is 0 Å². The van der Waals surface area contributed by atoms with Crippen LogP contribution in [0.4, 0.5) is 5.13 Å². The second kappa shape index (κ2) is 8.98. The molecule has 0 aromatic carbocycles. The van der Waals surface area contributed by atoms with Crippen LogP contribution in [0.15, 0.2) is 16.3 Å². The van der Waals surface area contributed by atoms with Crippen molar-refractivity contribution < 1.29 is 13.2 Å². The van der Waals surface area contributed by atoms with Crippen LogP contribution < -0.4 is 5.32 Å². The highest BCUT2D eigenvalue weighted by atomic mass is 32.2. The number of carbonyl (C=O) groups is 1. The summed E-state index contributed by atoms with van der Waals surface area (Å²) in [5.41, 5.74) is 0. The van der Waals surface area contributed by atoms with E-state index in [0.717, 1.165) is 22.7 Å². The van der Waals surface area contributed by atoms with E-state index in [1.54, 1.807) is 12.1 Å². The molecule has 7 nitrogen and oxygen atoms in total. The number of rotatable bonds is 7. The quantitative estimate of drug-likeness (QED) is 0.703. The highest BCUT2D eigenvalue weighted by molar-refractivity contribution is 7.91. The fraction of sp³-hybridized carbons (Fsp3) is 0.611. The van der Waals surface area contributed by atoms with Crippen LogP contribution in [0.5, 0.6) is 0 Å². The molecule has 10 heteroatoms. The van der Waals surface area contributed by atoms with E-state index in [9.17, 15) is 13.2 Å². The van der Waals surface area contributed by atoms with Crippen molar-refractivity contribution in [1.82, 2.24) is 14.5 Å². The maximum absolute atomic E-state index is 12.9. The summed E-state index contributed by atoms with van der Waals surface area (Å²) >= 11 is 2.67. The van der Waals surface area contributed by atoms with Gasteiger partial charge in [0.25, 0.3) is 10.0 Å². The van der Waals surface area contributed by atoms with E-state index >= 15 is 0 Å². The van der Waals surface area contributed by atoms with E-state index in [0.29, 0.717) is 34.6 Å². The minimum absolute atomic E-state index is 0.186. The predicted molar refractivity (Wildman–Crippen MR) is 112 cm³/mol. The number of carbonyl (C=O) groups excluding carboxylic acids is 1. The molecular formula is C18H26N4O3S3. The maximum atomic E-state index is 12.9. The monoisotopic (exact) mass is 442 g/mol. The fourth-order valence-electron chi connectivity index (χ4n) is 3.35. The lowest BCUT2D eigenvalue weighted by Gasteiger charge is -2.30. The third kappa shape index (κ3) is 4.61. The fourth-order valence-corrected chi connectivity index (χ4v) is 7.32. The first-order chi connectivity index (χ1) is 13.3. The van der Waals surface area contributed by atoms with E-state index in [1.165, 1.54) is 27.0 Å². The zero-order chi connectivity index (χ0) is 20.3. The predicted octanol–water partition coefficient (Wildman–Crippen LogP) is 3.85. The summed E-state index contributed by atoms with van der Waals surface area (Å²) in [6.07, 6.45) is 3.30. The van der Waals surface area contributed by atoms with Gasteiger partial charge in [-0.15, -0.1) is 21.5 Å². The second-order valence-electron chi connectivity index (χ2n) is 7.02. The Morgan fingerprint density at radius 2 is 2.04 bits per heavy atom. The molecule has 1 N–H and O–H groups in total. The number of sulfonamides is 1. The van der Waals surface area contributed by atoms with Crippen molar-refractivity contribution in [2.45, 2.75) is 56.6 Å². The number of aryl methyl sites for hydroxylation is 1. The van der Waals surface area contributed by atoms with Crippen molar-refractivity contribution in [3.63, 3.8) is 0 Å². The van der Waals surface area contributed by atoms with Crippen LogP contribution in [0.3, 0.4) is 0 Å². The van der Waals surface area contributed by atoms with Gasteiger partial charge in [-0.3, -0.25) is 4.79 Å². The van der Waals surface area contributed by atoms with Gasteiger partial charge in [0.05, 0.1) is 5.92 Å². The summed E-state index contributed by atoms with van der Waals surface area (Å²) in [5.74, 6) is -0.215. The van der Waals surface area contributed by atoms with E-state index in [4.69, 9.17) is 0 Å². The lowest BCUT2D eigenvalue weighted by molar-refractivity contribution is -0.120. The number of nitrogens with one attached hydrogen (secondary N) is 1. The molecule has 1 fully saturated rings. The van der Waals surface area contributed by atoms with Gasteiger partial charge >= 0.3 is 0 Å². The number of amides is 1. The van der Waals surface area contributed by atoms with Gasteiger partial charge in [0.1, 0.15) is 9.22 Å². The molecule has 1 aliphatic rings.